The lowest BCUT2D eigenvalue weighted by atomic mass is 10.1. The zero-order valence-corrected chi connectivity index (χ0v) is 13.0. The third-order valence-corrected chi connectivity index (χ3v) is 5.37. The second kappa shape index (κ2) is 6.48. The molecule has 1 N–H and O–H groups in total. The van der Waals surface area contributed by atoms with Gasteiger partial charge in [0.1, 0.15) is 4.38 Å². The van der Waals surface area contributed by atoms with Gasteiger partial charge in [0.05, 0.1) is 11.8 Å². The maximum Gasteiger partial charge on any atom is 0.237 e. The molecule has 1 aromatic carbocycles. The summed E-state index contributed by atoms with van der Waals surface area (Å²) in [5, 5.41) is 2.88. The minimum Gasteiger partial charge on any atom is -0.325 e. The Morgan fingerprint density at radius 2 is 2.26 bits per heavy atom. The Balaban J connectivity index is 1.98. The van der Waals surface area contributed by atoms with Crippen molar-refractivity contribution < 1.29 is 4.79 Å². The van der Waals surface area contributed by atoms with E-state index < -0.39 is 0 Å². The van der Waals surface area contributed by atoms with Crippen LogP contribution in [0, 0.1) is 13.8 Å². The van der Waals surface area contributed by atoms with Crippen LogP contribution < -0.4 is 5.32 Å². The number of benzene rings is 1. The quantitative estimate of drug-likeness (QED) is 0.928. The first-order chi connectivity index (χ1) is 9.08. The number of hydrogen-bond donors (Lipinski definition) is 1. The molecule has 102 valence electrons. The summed E-state index contributed by atoms with van der Waals surface area (Å²) in [6.07, 6.45) is 0. The zero-order valence-electron chi connectivity index (χ0n) is 11.4. The summed E-state index contributed by atoms with van der Waals surface area (Å²) in [7, 11) is 0. The number of nitrogens with zero attached hydrogens (tertiary/aromatic N) is 1. The summed E-state index contributed by atoms with van der Waals surface area (Å²) < 4.78 is 1.03. The SMILES string of the molecule is Cc1cccc(NC(=O)C(C)SC2=NCCS2)c1C. The first-order valence-electron chi connectivity index (χ1n) is 6.29. The maximum absolute atomic E-state index is 12.2. The van der Waals surface area contributed by atoms with E-state index in [4.69, 9.17) is 0 Å². The number of aryl methyl sites for hydroxylation is 1. The van der Waals surface area contributed by atoms with Crippen molar-refractivity contribution in [2.24, 2.45) is 4.99 Å². The van der Waals surface area contributed by atoms with Crippen LogP contribution in [0.5, 0.6) is 0 Å². The van der Waals surface area contributed by atoms with Crippen molar-refractivity contribution in [2.45, 2.75) is 26.0 Å². The van der Waals surface area contributed by atoms with Gasteiger partial charge >= 0.3 is 0 Å². The van der Waals surface area contributed by atoms with E-state index in [1.165, 1.54) is 5.56 Å². The van der Waals surface area contributed by atoms with Crippen molar-refractivity contribution >= 4 is 39.5 Å². The molecule has 2 rings (SSSR count). The number of carbonyl (C=O) groups is 1. The van der Waals surface area contributed by atoms with Crippen LogP contribution in [0.15, 0.2) is 23.2 Å². The maximum atomic E-state index is 12.2. The number of rotatable bonds is 3. The van der Waals surface area contributed by atoms with Crippen molar-refractivity contribution in [3.63, 3.8) is 0 Å². The second-order valence-corrected chi connectivity index (χ2v) is 7.16. The fourth-order valence-corrected chi connectivity index (χ4v) is 3.84. The number of aliphatic imine (C=N–C) groups is 1. The van der Waals surface area contributed by atoms with Gasteiger partial charge in [-0.2, -0.15) is 0 Å². The van der Waals surface area contributed by atoms with Crippen molar-refractivity contribution in [1.29, 1.82) is 0 Å². The standard InChI is InChI=1S/C14H18N2OS2/c1-9-5-4-6-12(10(9)2)16-13(17)11(3)19-14-15-7-8-18-14/h4-6,11H,7-8H2,1-3H3,(H,16,17). The molecule has 0 aliphatic carbocycles. The molecule has 0 bridgehead atoms. The Labute approximate surface area is 122 Å². The summed E-state index contributed by atoms with van der Waals surface area (Å²) in [5.41, 5.74) is 3.22. The molecule has 1 amide bonds. The Bertz CT molecular complexity index is 514. The number of carbonyl (C=O) groups excluding carboxylic acids is 1. The summed E-state index contributed by atoms with van der Waals surface area (Å²) >= 11 is 3.28. The van der Waals surface area contributed by atoms with Gasteiger partial charge in [0.15, 0.2) is 0 Å². The highest BCUT2D eigenvalue weighted by Crippen LogP contribution is 2.27. The molecule has 1 atom stereocenters. The molecule has 0 fully saturated rings. The Kier molecular flexibility index (Phi) is 4.93. The third-order valence-electron chi connectivity index (χ3n) is 3.07. The van der Waals surface area contributed by atoms with Crippen molar-refractivity contribution in [1.82, 2.24) is 0 Å². The minimum atomic E-state index is -0.121. The van der Waals surface area contributed by atoms with Crippen LogP contribution in [0.1, 0.15) is 18.1 Å². The third kappa shape index (κ3) is 3.76. The lowest BCUT2D eigenvalue weighted by molar-refractivity contribution is -0.115. The highest BCUT2D eigenvalue weighted by atomic mass is 32.2. The van der Waals surface area contributed by atoms with Crippen LogP contribution in [0.25, 0.3) is 0 Å². The lowest BCUT2D eigenvalue weighted by Crippen LogP contribution is -2.23. The predicted octanol–water partition coefficient (Wildman–Crippen LogP) is 3.47. The predicted molar refractivity (Wildman–Crippen MR) is 86.4 cm³/mol. The van der Waals surface area contributed by atoms with Crippen LogP contribution in [0.2, 0.25) is 0 Å². The molecule has 5 heteroatoms. The molecule has 0 saturated carbocycles. The fraction of sp³-hybridized carbons (Fsp3) is 0.429. The molecular weight excluding hydrogens is 276 g/mol. The van der Waals surface area contributed by atoms with Gasteiger partial charge in [-0.25, -0.2) is 0 Å². The van der Waals surface area contributed by atoms with Crippen LogP contribution in [0.4, 0.5) is 5.69 Å². The highest BCUT2D eigenvalue weighted by molar-refractivity contribution is 8.39. The van der Waals surface area contributed by atoms with Gasteiger partial charge in [0.2, 0.25) is 5.91 Å². The average molecular weight is 294 g/mol. The van der Waals surface area contributed by atoms with Crippen molar-refractivity contribution in [3.8, 4) is 0 Å². The van der Waals surface area contributed by atoms with E-state index in [0.717, 1.165) is 27.9 Å². The molecule has 0 saturated heterocycles. The molecule has 1 aromatic rings. The van der Waals surface area contributed by atoms with E-state index in [2.05, 4.69) is 10.3 Å². The molecule has 3 nitrogen and oxygen atoms in total. The van der Waals surface area contributed by atoms with Gasteiger partial charge in [0, 0.05) is 11.4 Å². The fourth-order valence-electron chi connectivity index (χ4n) is 1.71. The smallest absolute Gasteiger partial charge is 0.237 e. The molecule has 19 heavy (non-hydrogen) atoms. The normalized spacial score (nSPS) is 16.1. The van der Waals surface area contributed by atoms with Gasteiger partial charge in [-0.1, -0.05) is 35.7 Å². The van der Waals surface area contributed by atoms with Crippen molar-refractivity contribution in [2.75, 3.05) is 17.6 Å². The van der Waals surface area contributed by atoms with Crippen LogP contribution in [0.3, 0.4) is 0 Å². The Hall–Kier alpha value is -0.940. The molecule has 1 unspecified atom stereocenters. The summed E-state index contributed by atoms with van der Waals surface area (Å²) in [6.45, 7) is 6.87. The van der Waals surface area contributed by atoms with E-state index in [1.54, 1.807) is 23.5 Å². The molecular formula is C14H18N2OS2. The summed E-state index contributed by atoms with van der Waals surface area (Å²) in [6, 6.07) is 5.96. The van der Waals surface area contributed by atoms with Crippen LogP contribution in [-0.4, -0.2) is 27.8 Å². The van der Waals surface area contributed by atoms with Gasteiger partial charge in [-0.3, -0.25) is 9.79 Å². The van der Waals surface area contributed by atoms with Crippen molar-refractivity contribution in [3.05, 3.63) is 29.3 Å². The number of anilines is 1. The molecule has 0 aromatic heterocycles. The lowest BCUT2D eigenvalue weighted by Gasteiger charge is -2.14. The molecule has 1 heterocycles. The average Bonchev–Trinajstić information content (AvgIpc) is 2.87. The summed E-state index contributed by atoms with van der Waals surface area (Å²) in [4.78, 5) is 16.5. The Morgan fingerprint density at radius 1 is 1.47 bits per heavy atom. The number of nitrogens with one attached hydrogen (secondary N) is 1. The molecule has 1 aliphatic heterocycles. The topological polar surface area (TPSA) is 41.5 Å². The van der Waals surface area contributed by atoms with Gasteiger partial charge < -0.3 is 5.32 Å². The number of thioether (sulfide) groups is 2. The Morgan fingerprint density at radius 3 is 2.95 bits per heavy atom. The number of hydrogen-bond acceptors (Lipinski definition) is 4. The van der Waals surface area contributed by atoms with E-state index in [9.17, 15) is 4.79 Å². The number of amides is 1. The highest BCUT2D eigenvalue weighted by Gasteiger charge is 2.19. The van der Waals surface area contributed by atoms with Crippen LogP contribution >= 0.6 is 23.5 Å². The van der Waals surface area contributed by atoms with Crippen LogP contribution in [-0.2, 0) is 4.79 Å². The van der Waals surface area contributed by atoms with Gasteiger partial charge in [-0.05, 0) is 38.0 Å². The van der Waals surface area contributed by atoms with Gasteiger partial charge in [0.25, 0.3) is 0 Å². The molecule has 1 aliphatic rings. The minimum absolute atomic E-state index is 0.0360. The molecule has 0 spiro atoms. The first kappa shape index (κ1) is 14.5. The first-order valence-corrected chi connectivity index (χ1v) is 8.15. The van der Waals surface area contributed by atoms with E-state index in [1.807, 2.05) is 39.0 Å². The van der Waals surface area contributed by atoms with Gasteiger partial charge in [-0.15, -0.1) is 0 Å². The molecule has 0 radical (unpaired) electrons. The van der Waals surface area contributed by atoms with E-state index >= 15 is 0 Å². The summed E-state index contributed by atoms with van der Waals surface area (Å²) in [5.74, 6) is 1.07. The largest absolute Gasteiger partial charge is 0.325 e. The van der Waals surface area contributed by atoms with E-state index in [-0.39, 0.29) is 11.2 Å². The monoisotopic (exact) mass is 294 g/mol. The van der Waals surface area contributed by atoms with E-state index in [0.29, 0.717) is 0 Å². The zero-order chi connectivity index (χ0) is 13.8. The second-order valence-electron chi connectivity index (χ2n) is 4.49.